The van der Waals surface area contributed by atoms with Crippen LogP contribution in [0.25, 0.3) is 0 Å². The van der Waals surface area contributed by atoms with Gasteiger partial charge in [-0.05, 0) is 39.2 Å². The zero-order valence-electron chi connectivity index (χ0n) is 16.1. The second kappa shape index (κ2) is 8.33. The molecule has 0 radical (unpaired) electrons. The summed E-state index contributed by atoms with van der Waals surface area (Å²) in [5, 5.41) is 0. The van der Waals surface area contributed by atoms with Gasteiger partial charge in [0.05, 0.1) is 0 Å². The average Bonchev–Trinajstić information content (AvgIpc) is 2.84. The topological polar surface area (TPSA) is 79.5 Å². The SMILES string of the molecule is CC(=O)N(Cc1cncnc1)C1CCCN(C(=O)c2oc(C)cc2C)CC1. The van der Waals surface area contributed by atoms with Crippen molar-refractivity contribution in [1.82, 2.24) is 19.8 Å². The van der Waals surface area contributed by atoms with Gasteiger partial charge in [-0.15, -0.1) is 0 Å². The molecule has 0 spiro atoms. The molecule has 7 heteroatoms. The van der Waals surface area contributed by atoms with Crippen LogP contribution in [0.1, 0.15) is 53.6 Å². The van der Waals surface area contributed by atoms with Gasteiger partial charge < -0.3 is 14.2 Å². The second-order valence-corrected chi connectivity index (χ2v) is 7.14. The van der Waals surface area contributed by atoms with E-state index < -0.39 is 0 Å². The van der Waals surface area contributed by atoms with E-state index >= 15 is 0 Å². The fraction of sp³-hybridized carbons (Fsp3) is 0.500. The molecule has 0 bridgehead atoms. The van der Waals surface area contributed by atoms with E-state index in [0.717, 1.165) is 36.1 Å². The van der Waals surface area contributed by atoms with Gasteiger partial charge in [0.2, 0.25) is 5.91 Å². The summed E-state index contributed by atoms with van der Waals surface area (Å²) in [7, 11) is 0. The highest BCUT2D eigenvalue weighted by atomic mass is 16.4. The number of likely N-dealkylation sites (tertiary alicyclic amines) is 1. The fourth-order valence-corrected chi connectivity index (χ4v) is 3.70. The molecule has 3 heterocycles. The molecule has 1 aliphatic heterocycles. The summed E-state index contributed by atoms with van der Waals surface area (Å²) in [4.78, 5) is 36.8. The summed E-state index contributed by atoms with van der Waals surface area (Å²) < 4.78 is 5.59. The lowest BCUT2D eigenvalue weighted by Crippen LogP contribution is -2.39. The number of carbonyl (C=O) groups is 2. The van der Waals surface area contributed by atoms with Crippen molar-refractivity contribution >= 4 is 11.8 Å². The molecule has 0 aliphatic carbocycles. The van der Waals surface area contributed by atoms with E-state index in [0.29, 0.717) is 25.4 Å². The standard InChI is InChI=1S/C20H26N4O3/c1-14-9-15(2)27-19(14)20(26)23-7-4-5-18(6-8-23)24(16(3)25)12-17-10-21-13-22-11-17/h9-11,13,18H,4-8,12H2,1-3H3. The Morgan fingerprint density at radius 2 is 1.96 bits per heavy atom. The Labute approximate surface area is 159 Å². The lowest BCUT2D eigenvalue weighted by molar-refractivity contribution is -0.132. The van der Waals surface area contributed by atoms with Crippen LogP contribution in [0.2, 0.25) is 0 Å². The smallest absolute Gasteiger partial charge is 0.289 e. The first-order valence-electron chi connectivity index (χ1n) is 9.33. The fourth-order valence-electron chi connectivity index (χ4n) is 3.70. The Morgan fingerprint density at radius 1 is 1.22 bits per heavy atom. The maximum absolute atomic E-state index is 12.8. The van der Waals surface area contributed by atoms with Crippen LogP contribution in [0.5, 0.6) is 0 Å². The van der Waals surface area contributed by atoms with Gasteiger partial charge in [0.1, 0.15) is 12.1 Å². The highest BCUT2D eigenvalue weighted by Gasteiger charge is 2.28. The molecule has 1 unspecified atom stereocenters. The maximum Gasteiger partial charge on any atom is 0.289 e. The van der Waals surface area contributed by atoms with Gasteiger partial charge in [-0.25, -0.2) is 9.97 Å². The Kier molecular flexibility index (Phi) is 5.88. The molecule has 0 N–H and O–H groups in total. The van der Waals surface area contributed by atoms with Gasteiger partial charge >= 0.3 is 0 Å². The maximum atomic E-state index is 12.8. The van der Waals surface area contributed by atoms with E-state index in [2.05, 4.69) is 9.97 Å². The zero-order chi connectivity index (χ0) is 19.4. The molecule has 27 heavy (non-hydrogen) atoms. The first-order chi connectivity index (χ1) is 13.0. The normalized spacial score (nSPS) is 17.4. The van der Waals surface area contributed by atoms with Crippen molar-refractivity contribution in [2.45, 2.75) is 52.6 Å². The van der Waals surface area contributed by atoms with Gasteiger partial charge in [-0.2, -0.15) is 0 Å². The number of aryl methyl sites for hydroxylation is 2. The summed E-state index contributed by atoms with van der Waals surface area (Å²) in [6, 6.07) is 1.98. The van der Waals surface area contributed by atoms with Gasteiger partial charge in [0.15, 0.2) is 5.76 Å². The second-order valence-electron chi connectivity index (χ2n) is 7.14. The van der Waals surface area contributed by atoms with E-state index in [-0.39, 0.29) is 17.9 Å². The number of hydrogen-bond donors (Lipinski definition) is 0. The van der Waals surface area contributed by atoms with Crippen LogP contribution >= 0.6 is 0 Å². The van der Waals surface area contributed by atoms with Crippen LogP contribution < -0.4 is 0 Å². The van der Waals surface area contributed by atoms with E-state index in [4.69, 9.17) is 4.42 Å². The quantitative estimate of drug-likeness (QED) is 0.827. The van der Waals surface area contributed by atoms with Gasteiger partial charge in [0.25, 0.3) is 5.91 Å². The van der Waals surface area contributed by atoms with Crippen molar-refractivity contribution in [2.24, 2.45) is 0 Å². The molecule has 0 aromatic carbocycles. The predicted octanol–water partition coefficient (Wildman–Crippen LogP) is 2.73. The summed E-state index contributed by atoms with van der Waals surface area (Å²) in [6.07, 6.45) is 7.42. The molecule has 1 fully saturated rings. The Morgan fingerprint density at radius 3 is 2.59 bits per heavy atom. The molecule has 2 aromatic heterocycles. The number of carbonyl (C=O) groups excluding carboxylic acids is 2. The third kappa shape index (κ3) is 4.53. The number of hydrogen-bond acceptors (Lipinski definition) is 5. The number of rotatable bonds is 4. The van der Waals surface area contributed by atoms with Gasteiger partial charge in [0, 0.05) is 56.1 Å². The first-order valence-corrected chi connectivity index (χ1v) is 9.33. The first kappa shape index (κ1) is 19.1. The molecule has 1 atom stereocenters. The summed E-state index contributed by atoms with van der Waals surface area (Å²) in [6.45, 7) is 7.11. The van der Waals surface area contributed by atoms with Crippen molar-refractivity contribution in [1.29, 1.82) is 0 Å². The molecular formula is C20H26N4O3. The lowest BCUT2D eigenvalue weighted by atomic mass is 10.1. The van der Waals surface area contributed by atoms with Crippen molar-refractivity contribution < 1.29 is 14.0 Å². The molecule has 2 aromatic rings. The molecule has 7 nitrogen and oxygen atoms in total. The van der Waals surface area contributed by atoms with E-state index in [1.54, 1.807) is 19.3 Å². The number of amides is 2. The molecule has 2 amide bonds. The Bertz CT molecular complexity index is 803. The lowest BCUT2D eigenvalue weighted by Gasteiger charge is -2.30. The molecule has 3 rings (SSSR count). The van der Waals surface area contributed by atoms with Crippen molar-refractivity contribution in [2.75, 3.05) is 13.1 Å². The zero-order valence-corrected chi connectivity index (χ0v) is 16.1. The number of aromatic nitrogens is 2. The molecule has 0 saturated carbocycles. The molecule has 144 valence electrons. The highest BCUT2D eigenvalue weighted by molar-refractivity contribution is 5.93. The van der Waals surface area contributed by atoms with E-state index in [1.807, 2.05) is 29.7 Å². The van der Waals surface area contributed by atoms with Crippen molar-refractivity contribution in [3.8, 4) is 0 Å². The molecular weight excluding hydrogens is 344 g/mol. The number of nitrogens with zero attached hydrogens (tertiary/aromatic N) is 4. The predicted molar refractivity (Wildman–Crippen MR) is 100.0 cm³/mol. The van der Waals surface area contributed by atoms with Crippen LogP contribution in [-0.4, -0.2) is 50.7 Å². The minimum atomic E-state index is -0.0629. The highest BCUT2D eigenvalue weighted by Crippen LogP contribution is 2.22. The number of furan rings is 1. The summed E-state index contributed by atoms with van der Waals surface area (Å²) >= 11 is 0. The summed E-state index contributed by atoms with van der Waals surface area (Å²) in [5.41, 5.74) is 1.78. The van der Waals surface area contributed by atoms with Crippen molar-refractivity contribution in [3.05, 3.63) is 47.4 Å². The largest absolute Gasteiger partial charge is 0.456 e. The molecule has 1 aliphatic rings. The van der Waals surface area contributed by atoms with Crippen molar-refractivity contribution in [3.63, 3.8) is 0 Å². The molecule has 1 saturated heterocycles. The Hall–Kier alpha value is -2.70. The van der Waals surface area contributed by atoms with Crippen LogP contribution in [0, 0.1) is 13.8 Å². The minimum absolute atomic E-state index is 0.0288. The minimum Gasteiger partial charge on any atom is -0.456 e. The monoisotopic (exact) mass is 370 g/mol. The van der Waals surface area contributed by atoms with E-state index in [1.165, 1.54) is 6.33 Å². The average molecular weight is 370 g/mol. The van der Waals surface area contributed by atoms with Gasteiger partial charge in [-0.3, -0.25) is 9.59 Å². The van der Waals surface area contributed by atoms with Crippen LogP contribution in [-0.2, 0) is 11.3 Å². The van der Waals surface area contributed by atoms with Gasteiger partial charge in [-0.1, -0.05) is 0 Å². The van der Waals surface area contributed by atoms with E-state index in [9.17, 15) is 9.59 Å². The van der Waals surface area contributed by atoms with Crippen LogP contribution in [0.15, 0.2) is 29.2 Å². The third-order valence-corrected chi connectivity index (χ3v) is 5.03. The van der Waals surface area contributed by atoms with Crippen LogP contribution in [0.3, 0.4) is 0 Å². The van der Waals surface area contributed by atoms with Crippen LogP contribution in [0.4, 0.5) is 0 Å². The Balaban J connectivity index is 1.68. The summed E-state index contributed by atoms with van der Waals surface area (Å²) in [5.74, 6) is 1.14. The third-order valence-electron chi connectivity index (χ3n) is 5.03.